The fourth-order valence-electron chi connectivity index (χ4n) is 4.24. The zero-order valence-corrected chi connectivity index (χ0v) is 16.1. The van der Waals surface area contributed by atoms with E-state index in [1.54, 1.807) is 0 Å². The molecule has 1 fully saturated rings. The van der Waals surface area contributed by atoms with Gasteiger partial charge in [0, 0.05) is 48.2 Å². The van der Waals surface area contributed by atoms with Crippen molar-refractivity contribution >= 4 is 23.5 Å². The predicted molar refractivity (Wildman–Crippen MR) is 115 cm³/mol. The highest BCUT2D eigenvalue weighted by Crippen LogP contribution is 2.25. The summed E-state index contributed by atoms with van der Waals surface area (Å²) in [6.45, 7) is 3.72. The average molecular weight is 366 g/mol. The van der Waals surface area contributed by atoms with Crippen molar-refractivity contribution in [1.29, 1.82) is 0 Å². The van der Waals surface area contributed by atoms with Crippen molar-refractivity contribution in [3.8, 4) is 0 Å². The molecule has 5 heteroatoms. The van der Waals surface area contributed by atoms with E-state index >= 15 is 0 Å². The van der Waals surface area contributed by atoms with Gasteiger partial charge in [-0.1, -0.05) is 24.3 Å². The zero-order valence-electron chi connectivity index (χ0n) is 16.1. The normalized spacial score (nSPS) is 24.9. The topological polar surface area (TPSA) is 74.1 Å². The highest BCUT2D eigenvalue weighted by Gasteiger charge is 2.20. The lowest BCUT2D eigenvalue weighted by Gasteiger charge is -2.27. The van der Waals surface area contributed by atoms with Gasteiger partial charge in [-0.15, -0.1) is 0 Å². The Morgan fingerprint density at radius 2 is 2.07 bits per heavy atom. The van der Waals surface area contributed by atoms with Gasteiger partial charge in [-0.3, -0.25) is 0 Å². The van der Waals surface area contributed by atoms with E-state index in [4.69, 9.17) is 5.73 Å². The first-order chi connectivity index (χ1) is 13.3. The summed E-state index contributed by atoms with van der Waals surface area (Å²) in [5, 5.41) is 16.6. The predicted octanol–water partition coefficient (Wildman–Crippen LogP) is 0.0883. The molecule has 1 aromatic rings. The van der Waals surface area contributed by atoms with E-state index in [0.717, 1.165) is 19.6 Å². The Hall–Kier alpha value is -2.08. The number of anilines is 1. The van der Waals surface area contributed by atoms with E-state index in [0.29, 0.717) is 18.5 Å². The Labute approximate surface area is 161 Å². The minimum absolute atomic E-state index is 0.282. The SMILES string of the molecule is CNC1C=C(c2cc(NC3CCNCC3)c3c(c2)=CCNC=3)C=CC1CN. The van der Waals surface area contributed by atoms with Gasteiger partial charge in [0.05, 0.1) is 0 Å². The summed E-state index contributed by atoms with van der Waals surface area (Å²) in [5.41, 5.74) is 9.68. The molecule has 5 nitrogen and oxygen atoms in total. The van der Waals surface area contributed by atoms with Crippen LogP contribution in [0.1, 0.15) is 18.4 Å². The highest BCUT2D eigenvalue weighted by atomic mass is 15.0. The first-order valence-corrected chi connectivity index (χ1v) is 10.1. The molecule has 6 N–H and O–H groups in total. The lowest BCUT2D eigenvalue weighted by Crippen LogP contribution is -2.40. The van der Waals surface area contributed by atoms with Gasteiger partial charge in [-0.05, 0) is 61.5 Å². The molecule has 27 heavy (non-hydrogen) atoms. The zero-order chi connectivity index (χ0) is 18.6. The maximum Gasteiger partial charge on any atom is 0.0442 e. The number of hydrogen-bond acceptors (Lipinski definition) is 5. The molecule has 0 radical (unpaired) electrons. The average Bonchev–Trinajstić information content (AvgIpc) is 2.74. The van der Waals surface area contributed by atoms with Gasteiger partial charge >= 0.3 is 0 Å². The first-order valence-electron chi connectivity index (χ1n) is 10.1. The van der Waals surface area contributed by atoms with Crippen LogP contribution < -0.4 is 37.4 Å². The Morgan fingerprint density at radius 3 is 2.85 bits per heavy atom. The third kappa shape index (κ3) is 3.95. The maximum absolute atomic E-state index is 5.92. The summed E-state index contributed by atoms with van der Waals surface area (Å²) in [6.07, 6.45) is 13.5. The third-order valence-corrected chi connectivity index (χ3v) is 5.88. The smallest absolute Gasteiger partial charge is 0.0442 e. The number of piperidine rings is 1. The van der Waals surface area contributed by atoms with E-state index < -0.39 is 0 Å². The van der Waals surface area contributed by atoms with Gasteiger partial charge in [0.1, 0.15) is 0 Å². The number of nitrogens with two attached hydrogens (primary N) is 1. The monoisotopic (exact) mass is 365 g/mol. The summed E-state index contributed by atoms with van der Waals surface area (Å²) >= 11 is 0. The van der Waals surface area contributed by atoms with Crippen LogP contribution in [0, 0.1) is 5.92 Å². The van der Waals surface area contributed by atoms with Gasteiger partial charge in [-0.25, -0.2) is 0 Å². The molecule has 0 bridgehead atoms. The summed E-state index contributed by atoms with van der Waals surface area (Å²) in [4.78, 5) is 0. The van der Waals surface area contributed by atoms with Crippen LogP contribution >= 0.6 is 0 Å². The van der Waals surface area contributed by atoms with Crippen LogP contribution in [0.3, 0.4) is 0 Å². The second kappa shape index (κ2) is 8.30. The molecule has 0 saturated carbocycles. The summed E-state index contributed by atoms with van der Waals surface area (Å²) in [5.74, 6) is 0.354. The van der Waals surface area contributed by atoms with Crippen LogP contribution in [0.2, 0.25) is 0 Å². The molecule has 1 aromatic carbocycles. The van der Waals surface area contributed by atoms with Crippen LogP contribution in [-0.4, -0.2) is 45.3 Å². The van der Waals surface area contributed by atoms with Crippen LogP contribution in [0.4, 0.5) is 5.69 Å². The van der Waals surface area contributed by atoms with Crippen molar-refractivity contribution in [3.63, 3.8) is 0 Å². The molecule has 4 rings (SSSR count). The van der Waals surface area contributed by atoms with Crippen LogP contribution in [0.15, 0.2) is 30.4 Å². The second-order valence-corrected chi connectivity index (χ2v) is 7.65. The quantitative estimate of drug-likeness (QED) is 0.511. The van der Waals surface area contributed by atoms with Crippen molar-refractivity contribution in [3.05, 3.63) is 46.4 Å². The van der Waals surface area contributed by atoms with Gasteiger partial charge < -0.3 is 27.0 Å². The molecule has 0 spiro atoms. The largest absolute Gasteiger partial charge is 0.387 e. The van der Waals surface area contributed by atoms with Crippen molar-refractivity contribution in [2.75, 3.05) is 38.5 Å². The van der Waals surface area contributed by atoms with Crippen LogP contribution in [0.5, 0.6) is 0 Å². The first kappa shape index (κ1) is 18.3. The van der Waals surface area contributed by atoms with Crippen molar-refractivity contribution in [2.45, 2.75) is 24.9 Å². The molecular formula is C22H31N5. The second-order valence-electron chi connectivity index (χ2n) is 7.65. The summed E-state index contributed by atoms with van der Waals surface area (Å²) in [7, 11) is 2.01. The maximum atomic E-state index is 5.92. The highest BCUT2D eigenvalue weighted by molar-refractivity contribution is 5.78. The molecule has 1 saturated heterocycles. The third-order valence-electron chi connectivity index (χ3n) is 5.88. The Kier molecular flexibility index (Phi) is 5.62. The number of likely N-dealkylation sites (N-methyl/N-ethyl adjacent to an activating group) is 1. The lowest BCUT2D eigenvalue weighted by atomic mass is 9.88. The van der Waals surface area contributed by atoms with Crippen LogP contribution in [0.25, 0.3) is 17.8 Å². The standard InChI is InChI=1S/C22H31N5/c1-24-21-11-15(2-3-17(21)13-23)18-10-16-4-7-26-14-20(16)22(12-18)27-19-5-8-25-9-6-19/h2-4,10-12,14,17,19,21,24-27H,5-9,13,23H2,1H3. The van der Waals surface area contributed by atoms with Crippen LogP contribution in [-0.2, 0) is 0 Å². The molecule has 2 aliphatic heterocycles. The van der Waals surface area contributed by atoms with E-state index in [1.807, 2.05) is 7.05 Å². The molecule has 3 aliphatic rings. The van der Waals surface area contributed by atoms with Gasteiger partial charge in [0.2, 0.25) is 0 Å². The van der Waals surface area contributed by atoms with Crippen molar-refractivity contribution in [1.82, 2.24) is 16.0 Å². The summed E-state index contributed by atoms with van der Waals surface area (Å²) < 4.78 is 0. The number of rotatable bonds is 5. The molecule has 2 atom stereocenters. The molecule has 2 heterocycles. The molecule has 144 valence electrons. The van der Waals surface area contributed by atoms with E-state index in [1.165, 1.54) is 40.1 Å². The Morgan fingerprint density at radius 1 is 1.22 bits per heavy atom. The molecular weight excluding hydrogens is 334 g/mol. The number of hydrogen-bond donors (Lipinski definition) is 5. The number of benzene rings is 1. The van der Waals surface area contributed by atoms with E-state index in [9.17, 15) is 0 Å². The Balaban J connectivity index is 1.71. The molecule has 2 unspecified atom stereocenters. The lowest BCUT2D eigenvalue weighted by molar-refractivity contribution is 0.479. The van der Waals surface area contributed by atoms with Crippen molar-refractivity contribution in [2.24, 2.45) is 11.7 Å². The number of fused-ring (bicyclic) bond motifs is 1. The number of nitrogens with one attached hydrogen (secondary N) is 4. The van der Waals surface area contributed by atoms with E-state index in [-0.39, 0.29) is 6.04 Å². The van der Waals surface area contributed by atoms with Crippen molar-refractivity contribution < 1.29 is 0 Å². The minimum atomic E-state index is 0.282. The molecule has 0 aromatic heterocycles. The van der Waals surface area contributed by atoms with Gasteiger partial charge in [-0.2, -0.15) is 0 Å². The van der Waals surface area contributed by atoms with Gasteiger partial charge in [0.25, 0.3) is 0 Å². The molecule has 0 amide bonds. The fourth-order valence-corrected chi connectivity index (χ4v) is 4.24. The summed E-state index contributed by atoms with van der Waals surface area (Å²) in [6, 6.07) is 5.43. The number of allylic oxidation sites excluding steroid dienone is 2. The molecule has 1 aliphatic carbocycles. The Bertz CT molecular complexity index is 848. The van der Waals surface area contributed by atoms with Gasteiger partial charge in [0.15, 0.2) is 0 Å². The fraction of sp³-hybridized carbons (Fsp3) is 0.455. The van der Waals surface area contributed by atoms with E-state index in [2.05, 4.69) is 63.9 Å². The minimum Gasteiger partial charge on any atom is -0.387 e.